The van der Waals surface area contributed by atoms with Crippen molar-refractivity contribution in [2.75, 3.05) is 38.6 Å². The number of sulfonamides is 1. The zero-order chi connectivity index (χ0) is 21.8. The van der Waals surface area contributed by atoms with Gasteiger partial charge in [-0.1, -0.05) is 30.7 Å². The quantitative estimate of drug-likeness (QED) is 0.634. The first-order valence-corrected chi connectivity index (χ1v) is 13.1. The molecule has 1 heterocycles. The van der Waals surface area contributed by atoms with E-state index in [4.69, 9.17) is 16.3 Å². The summed E-state index contributed by atoms with van der Waals surface area (Å²) in [6.45, 7) is 4.22. The van der Waals surface area contributed by atoms with Crippen LogP contribution in [0.4, 0.5) is 0 Å². The lowest BCUT2D eigenvalue weighted by Crippen LogP contribution is -2.43. The number of halogens is 1. The highest BCUT2D eigenvalue weighted by Crippen LogP contribution is 2.25. The normalized spacial score (nSPS) is 17.0. The fourth-order valence-electron chi connectivity index (χ4n) is 3.33. The minimum Gasteiger partial charge on any atom is -0.379 e. The Kier molecular flexibility index (Phi) is 7.54. The smallest absolute Gasteiger partial charge is 0.240 e. The summed E-state index contributed by atoms with van der Waals surface area (Å²) in [4.78, 5) is 2.28. The van der Waals surface area contributed by atoms with Crippen molar-refractivity contribution in [3.8, 4) is 0 Å². The van der Waals surface area contributed by atoms with Crippen molar-refractivity contribution in [1.29, 1.82) is 0 Å². The van der Waals surface area contributed by atoms with Crippen LogP contribution in [0.1, 0.15) is 18.5 Å². The van der Waals surface area contributed by atoms with E-state index in [1.807, 2.05) is 18.2 Å². The van der Waals surface area contributed by atoms with Gasteiger partial charge in [-0.2, -0.15) is 0 Å². The van der Waals surface area contributed by atoms with Crippen LogP contribution in [0.5, 0.6) is 0 Å². The molecule has 7 nitrogen and oxygen atoms in total. The van der Waals surface area contributed by atoms with Crippen LogP contribution >= 0.6 is 11.6 Å². The maximum Gasteiger partial charge on any atom is 0.240 e. The van der Waals surface area contributed by atoms with Crippen LogP contribution in [0.2, 0.25) is 5.02 Å². The molecule has 1 unspecified atom stereocenters. The zero-order valence-electron chi connectivity index (χ0n) is 16.6. The number of nitrogens with zero attached hydrogens (tertiary/aromatic N) is 1. The second kappa shape index (κ2) is 9.76. The Hall–Kier alpha value is -1.49. The Morgan fingerprint density at radius 2 is 1.67 bits per heavy atom. The average molecular weight is 473 g/mol. The molecule has 10 heteroatoms. The van der Waals surface area contributed by atoms with E-state index in [1.54, 1.807) is 13.0 Å². The van der Waals surface area contributed by atoms with Crippen LogP contribution < -0.4 is 4.72 Å². The molecule has 0 aromatic heterocycles. The molecule has 0 saturated carbocycles. The Morgan fingerprint density at radius 1 is 1.03 bits per heavy atom. The fraction of sp³-hybridized carbons (Fsp3) is 0.400. The van der Waals surface area contributed by atoms with Gasteiger partial charge >= 0.3 is 0 Å². The maximum atomic E-state index is 12.8. The van der Waals surface area contributed by atoms with E-state index in [-0.39, 0.29) is 28.1 Å². The van der Waals surface area contributed by atoms with Gasteiger partial charge in [0.05, 0.1) is 28.8 Å². The minimum atomic E-state index is -3.82. The standard InChI is InChI=1S/C20H25ClN2O5S2/c1-2-29(24,25)18-6-8-19(9-7-18)30(26,27)22-15-20(23-10-12-28-13-11-23)16-4-3-5-17(21)14-16/h3-9,14,20,22H,2,10-13,15H2,1H3. The third-order valence-corrected chi connectivity index (χ3v) is 8.48. The highest BCUT2D eigenvalue weighted by Gasteiger charge is 2.25. The Labute approximate surface area is 183 Å². The van der Waals surface area contributed by atoms with Gasteiger partial charge in [-0.15, -0.1) is 0 Å². The molecule has 1 saturated heterocycles. The monoisotopic (exact) mass is 472 g/mol. The molecule has 0 amide bonds. The summed E-state index contributed by atoms with van der Waals surface area (Å²) >= 11 is 6.15. The van der Waals surface area contributed by atoms with E-state index in [2.05, 4.69) is 9.62 Å². The van der Waals surface area contributed by atoms with Crippen molar-refractivity contribution < 1.29 is 21.6 Å². The lowest BCUT2D eigenvalue weighted by molar-refractivity contribution is 0.0172. The summed E-state index contributed by atoms with van der Waals surface area (Å²) < 4.78 is 57.6. The Morgan fingerprint density at radius 3 is 2.27 bits per heavy atom. The molecule has 0 radical (unpaired) electrons. The van der Waals surface area contributed by atoms with E-state index in [9.17, 15) is 16.8 Å². The largest absolute Gasteiger partial charge is 0.379 e. The summed E-state index contributed by atoms with van der Waals surface area (Å²) in [5.74, 6) is -0.0434. The molecule has 30 heavy (non-hydrogen) atoms. The van der Waals surface area contributed by atoms with Gasteiger partial charge in [-0.25, -0.2) is 21.6 Å². The molecule has 1 aliphatic heterocycles. The van der Waals surface area contributed by atoms with Gasteiger partial charge < -0.3 is 4.74 Å². The highest BCUT2D eigenvalue weighted by atomic mass is 35.5. The summed E-state index contributed by atoms with van der Waals surface area (Å²) in [5.41, 5.74) is 0.913. The summed E-state index contributed by atoms with van der Waals surface area (Å²) in [7, 11) is -7.20. The van der Waals surface area contributed by atoms with E-state index in [0.29, 0.717) is 31.3 Å². The van der Waals surface area contributed by atoms with Crippen LogP contribution in [0.3, 0.4) is 0 Å². The molecule has 1 aliphatic rings. The van der Waals surface area contributed by atoms with Crippen molar-refractivity contribution in [3.63, 3.8) is 0 Å². The van der Waals surface area contributed by atoms with E-state index < -0.39 is 19.9 Å². The van der Waals surface area contributed by atoms with Gasteiger partial charge in [0.15, 0.2) is 9.84 Å². The van der Waals surface area contributed by atoms with Gasteiger partial charge in [0.1, 0.15) is 0 Å². The Bertz CT molecular complexity index is 1070. The molecule has 2 aromatic carbocycles. The third-order valence-electron chi connectivity index (χ3n) is 5.06. The second-order valence-electron chi connectivity index (χ2n) is 6.95. The number of morpholine rings is 1. The van der Waals surface area contributed by atoms with E-state index in [1.165, 1.54) is 24.3 Å². The molecular weight excluding hydrogens is 448 g/mol. The summed E-state index contributed by atoms with van der Waals surface area (Å²) in [6.07, 6.45) is 0. The number of ether oxygens (including phenoxy) is 1. The fourth-order valence-corrected chi connectivity index (χ4v) is 5.45. The van der Waals surface area contributed by atoms with Crippen LogP contribution in [0.25, 0.3) is 0 Å². The molecule has 164 valence electrons. The number of nitrogens with one attached hydrogen (secondary N) is 1. The van der Waals surface area contributed by atoms with Gasteiger partial charge in [0.2, 0.25) is 10.0 Å². The topological polar surface area (TPSA) is 92.8 Å². The van der Waals surface area contributed by atoms with Crippen LogP contribution in [-0.2, 0) is 24.6 Å². The maximum absolute atomic E-state index is 12.8. The average Bonchev–Trinajstić information content (AvgIpc) is 2.75. The highest BCUT2D eigenvalue weighted by molar-refractivity contribution is 7.91. The van der Waals surface area contributed by atoms with Gasteiger partial charge in [0, 0.05) is 30.7 Å². The predicted octanol–water partition coefficient (Wildman–Crippen LogP) is 2.49. The molecule has 2 aromatic rings. The first kappa shape index (κ1) is 23.2. The molecule has 1 fully saturated rings. The lowest BCUT2D eigenvalue weighted by Gasteiger charge is -2.35. The van der Waals surface area contributed by atoms with Crippen molar-refractivity contribution in [1.82, 2.24) is 9.62 Å². The first-order chi connectivity index (χ1) is 14.2. The molecular formula is C20H25ClN2O5S2. The molecule has 0 aliphatic carbocycles. The number of benzene rings is 2. The lowest BCUT2D eigenvalue weighted by atomic mass is 10.1. The van der Waals surface area contributed by atoms with Gasteiger partial charge in [0.25, 0.3) is 0 Å². The van der Waals surface area contributed by atoms with Crippen molar-refractivity contribution >= 4 is 31.5 Å². The van der Waals surface area contributed by atoms with Gasteiger partial charge in [-0.05, 0) is 42.0 Å². The number of sulfone groups is 1. The van der Waals surface area contributed by atoms with Crippen molar-refractivity contribution in [2.45, 2.75) is 22.8 Å². The number of hydrogen-bond donors (Lipinski definition) is 1. The molecule has 0 spiro atoms. The second-order valence-corrected chi connectivity index (χ2v) is 11.4. The number of hydrogen-bond acceptors (Lipinski definition) is 6. The van der Waals surface area contributed by atoms with E-state index >= 15 is 0 Å². The number of rotatable bonds is 8. The molecule has 1 N–H and O–H groups in total. The van der Waals surface area contributed by atoms with Crippen LogP contribution in [0, 0.1) is 0 Å². The van der Waals surface area contributed by atoms with Crippen molar-refractivity contribution in [3.05, 3.63) is 59.1 Å². The van der Waals surface area contributed by atoms with Crippen LogP contribution in [0.15, 0.2) is 58.3 Å². The van der Waals surface area contributed by atoms with E-state index in [0.717, 1.165) is 5.56 Å². The summed E-state index contributed by atoms with van der Waals surface area (Å²) in [6, 6.07) is 12.4. The third kappa shape index (κ3) is 5.60. The molecule has 1 atom stereocenters. The first-order valence-electron chi connectivity index (χ1n) is 9.63. The predicted molar refractivity (Wildman–Crippen MR) is 116 cm³/mol. The minimum absolute atomic E-state index is 0.0179. The van der Waals surface area contributed by atoms with Gasteiger partial charge in [-0.3, -0.25) is 4.90 Å². The SMILES string of the molecule is CCS(=O)(=O)c1ccc(S(=O)(=O)NCC(c2cccc(Cl)c2)N2CCOCC2)cc1. The van der Waals surface area contributed by atoms with Crippen molar-refractivity contribution in [2.24, 2.45) is 0 Å². The summed E-state index contributed by atoms with van der Waals surface area (Å²) in [5, 5.41) is 0.585. The molecule has 3 rings (SSSR count). The zero-order valence-corrected chi connectivity index (χ0v) is 19.0. The Balaban J connectivity index is 1.80. The van der Waals surface area contributed by atoms with Crippen LogP contribution in [-0.4, -0.2) is 60.3 Å². The molecule has 0 bridgehead atoms.